The Labute approximate surface area is 146 Å². The maximum absolute atomic E-state index is 11.6. The van der Waals surface area contributed by atoms with Crippen LogP contribution in [0, 0.1) is 0 Å². The van der Waals surface area contributed by atoms with Crippen LogP contribution in [-0.4, -0.2) is 40.9 Å². The second-order valence-electron chi connectivity index (χ2n) is 6.87. The molecule has 0 bridgehead atoms. The summed E-state index contributed by atoms with van der Waals surface area (Å²) in [6.07, 6.45) is 2.50. The molecular formula is C20H22N4O. The van der Waals surface area contributed by atoms with Gasteiger partial charge in [0, 0.05) is 12.1 Å². The molecule has 0 spiro atoms. The van der Waals surface area contributed by atoms with Crippen molar-refractivity contribution in [2.75, 3.05) is 20.1 Å². The number of piperidine rings is 1. The maximum atomic E-state index is 11.6. The fraction of sp³-hybridized carbons (Fsp3) is 0.300. The molecule has 0 saturated carbocycles. The van der Waals surface area contributed by atoms with Gasteiger partial charge in [0.2, 0.25) is 0 Å². The normalized spacial score (nSPS) is 18.5. The Balaban J connectivity index is 1.65. The van der Waals surface area contributed by atoms with E-state index in [1.807, 2.05) is 12.1 Å². The maximum Gasteiger partial charge on any atom is 0.250 e. The summed E-state index contributed by atoms with van der Waals surface area (Å²) < 4.78 is 0. The number of imidazole rings is 1. The Kier molecular flexibility index (Phi) is 4.01. The van der Waals surface area contributed by atoms with E-state index < -0.39 is 5.91 Å². The SMILES string of the molecule is CN1CCCC(c2ccc(-c3nc4c(C(N)=O)cccc4[nH]3)cc2)C1. The fourth-order valence-electron chi connectivity index (χ4n) is 3.72. The van der Waals surface area contributed by atoms with Gasteiger partial charge in [0.1, 0.15) is 11.3 Å². The molecule has 0 aliphatic carbocycles. The quantitative estimate of drug-likeness (QED) is 0.773. The van der Waals surface area contributed by atoms with Gasteiger partial charge in [-0.05, 0) is 50.0 Å². The molecule has 3 N–H and O–H groups in total. The Morgan fingerprint density at radius 1 is 1.24 bits per heavy atom. The van der Waals surface area contributed by atoms with Gasteiger partial charge in [-0.3, -0.25) is 4.79 Å². The Bertz CT molecular complexity index is 913. The number of amides is 1. The van der Waals surface area contributed by atoms with E-state index in [-0.39, 0.29) is 0 Å². The van der Waals surface area contributed by atoms with Crippen molar-refractivity contribution in [3.05, 3.63) is 53.6 Å². The molecule has 128 valence electrons. The number of carbonyl (C=O) groups excluding carboxylic acids is 1. The van der Waals surface area contributed by atoms with Crippen molar-refractivity contribution in [3.63, 3.8) is 0 Å². The van der Waals surface area contributed by atoms with Crippen molar-refractivity contribution in [1.82, 2.24) is 14.9 Å². The predicted octanol–water partition coefficient (Wildman–Crippen LogP) is 3.14. The summed E-state index contributed by atoms with van der Waals surface area (Å²) in [5.74, 6) is 0.904. The number of nitrogens with zero attached hydrogens (tertiary/aromatic N) is 2. The summed E-state index contributed by atoms with van der Waals surface area (Å²) in [5, 5.41) is 0. The molecule has 1 aromatic heterocycles. The molecule has 5 heteroatoms. The number of likely N-dealkylation sites (tertiary alicyclic amines) is 1. The molecule has 1 amide bonds. The van der Waals surface area contributed by atoms with Crippen LogP contribution in [0.1, 0.15) is 34.7 Å². The van der Waals surface area contributed by atoms with Crippen molar-refractivity contribution in [2.45, 2.75) is 18.8 Å². The van der Waals surface area contributed by atoms with E-state index in [9.17, 15) is 4.79 Å². The van der Waals surface area contributed by atoms with Crippen LogP contribution in [0.3, 0.4) is 0 Å². The number of aromatic nitrogens is 2. The van der Waals surface area contributed by atoms with Crippen LogP contribution < -0.4 is 5.73 Å². The molecule has 25 heavy (non-hydrogen) atoms. The number of hydrogen-bond acceptors (Lipinski definition) is 3. The third kappa shape index (κ3) is 3.03. The number of para-hydroxylation sites is 1. The standard InChI is InChI=1S/C20H22N4O/c1-24-11-3-4-15(12-24)13-7-9-14(10-8-13)20-22-17-6-2-5-16(19(21)25)18(17)23-20/h2,5-10,15H,3-4,11-12H2,1H3,(H2,21,25)(H,22,23). The summed E-state index contributed by atoms with van der Waals surface area (Å²) in [6, 6.07) is 14.0. The molecular weight excluding hydrogens is 312 g/mol. The highest BCUT2D eigenvalue weighted by atomic mass is 16.1. The van der Waals surface area contributed by atoms with Crippen molar-refractivity contribution in [1.29, 1.82) is 0 Å². The lowest BCUT2D eigenvalue weighted by atomic mass is 9.90. The van der Waals surface area contributed by atoms with Crippen LogP contribution in [0.2, 0.25) is 0 Å². The molecule has 1 saturated heterocycles. The van der Waals surface area contributed by atoms with Crippen molar-refractivity contribution in [2.24, 2.45) is 5.73 Å². The number of hydrogen-bond donors (Lipinski definition) is 2. The summed E-state index contributed by atoms with van der Waals surface area (Å²) in [6.45, 7) is 2.31. The monoisotopic (exact) mass is 334 g/mol. The van der Waals surface area contributed by atoms with Gasteiger partial charge < -0.3 is 15.6 Å². The first-order chi connectivity index (χ1) is 12.1. The largest absolute Gasteiger partial charge is 0.366 e. The molecule has 1 unspecified atom stereocenters. The summed E-state index contributed by atoms with van der Waals surface area (Å²) in [5.41, 5.74) is 9.73. The fourth-order valence-corrected chi connectivity index (χ4v) is 3.72. The Morgan fingerprint density at radius 2 is 2.04 bits per heavy atom. The van der Waals surface area contributed by atoms with E-state index in [4.69, 9.17) is 5.73 Å². The van der Waals surface area contributed by atoms with Crippen LogP contribution in [0.5, 0.6) is 0 Å². The van der Waals surface area contributed by atoms with E-state index in [1.54, 1.807) is 6.07 Å². The van der Waals surface area contributed by atoms with Gasteiger partial charge in [0.05, 0.1) is 11.1 Å². The van der Waals surface area contributed by atoms with Crippen molar-refractivity contribution >= 4 is 16.9 Å². The van der Waals surface area contributed by atoms with Gasteiger partial charge in [-0.15, -0.1) is 0 Å². The lowest BCUT2D eigenvalue weighted by molar-refractivity contribution is 0.100. The lowest BCUT2D eigenvalue weighted by Crippen LogP contribution is -2.30. The van der Waals surface area contributed by atoms with Crippen molar-refractivity contribution < 1.29 is 4.79 Å². The lowest BCUT2D eigenvalue weighted by Gasteiger charge is -2.30. The highest BCUT2D eigenvalue weighted by Gasteiger charge is 2.19. The highest BCUT2D eigenvalue weighted by molar-refractivity contribution is 6.04. The molecule has 1 aliphatic rings. The third-order valence-electron chi connectivity index (χ3n) is 5.06. The summed E-state index contributed by atoms with van der Waals surface area (Å²) in [7, 11) is 2.19. The first-order valence-electron chi connectivity index (χ1n) is 8.69. The second kappa shape index (κ2) is 6.33. The average molecular weight is 334 g/mol. The number of aromatic amines is 1. The van der Waals surface area contributed by atoms with Gasteiger partial charge in [-0.25, -0.2) is 4.98 Å². The molecule has 4 rings (SSSR count). The number of H-pyrrole nitrogens is 1. The van der Waals surface area contributed by atoms with Gasteiger partial charge in [0.15, 0.2) is 0 Å². The minimum Gasteiger partial charge on any atom is -0.366 e. The molecule has 1 aliphatic heterocycles. The van der Waals surface area contributed by atoms with E-state index in [0.29, 0.717) is 17.0 Å². The topological polar surface area (TPSA) is 75.0 Å². The van der Waals surface area contributed by atoms with E-state index in [0.717, 1.165) is 23.4 Å². The molecule has 3 aromatic rings. The summed E-state index contributed by atoms with van der Waals surface area (Å²) in [4.78, 5) is 21.8. The van der Waals surface area contributed by atoms with E-state index in [1.165, 1.54) is 24.9 Å². The zero-order valence-electron chi connectivity index (χ0n) is 14.3. The molecule has 0 radical (unpaired) electrons. The number of fused-ring (bicyclic) bond motifs is 1. The van der Waals surface area contributed by atoms with Crippen LogP contribution >= 0.6 is 0 Å². The van der Waals surface area contributed by atoms with Gasteiger partial charge in [0.25, 0.3) is 5.91 Å². The average Bonchev–Trinajstić information content (AvgIpc) is 3.06. The number of nitrogens with two attached hydrogens (primary N) is 1. The van der Waals surface area contributed by atoms with Gasteiger partial charge in [-0.2, -0.15) is 0 Å². The molecule has 2 aromatic carbocycles. The second-order valence-corrected chi connectivity index (χ2v) is 6.87. The molecule has 1 atom stereocenters. The number of primary amides is 1. The Morgan fingerprint density at radius 3 is 2.76 bits per heavy atom. The number of likely N-dealkylation sites (N-methyl/N-ethyl adjacent to an activating group) is 1. The minimum atomic E-state index is -0.458. The highest BCUT2D eigenvalue weighted by Crippen LogP contribution is 2.29. The minimum absolute atomic E-state index is 0.446. The van der Waals surface area contributed by atoms with Crippen LogP contribution in [0.25, 0.3) is 22.4 Å². The number of rotatable bonds is 3. The van der Waals surface area contributed by atoms with Crippen molar-refractivity contribution in [3.8, 4) is 11.4 Å². The van der Waals surface area contributed by atoms with Gasteiger partial charge >= 0.3 is 0 Å². The zero-order valence-corrected chi connectivity index (χ0v) is 14.3. The number of carbonyl (C=O) groups is 1. The van der Waals surface area contributed by atoms with E-state index >= 15 is 0 Å². The molecule has 1 fully saturated rings. The molecule has 5 nitrogen and oxygen atoms in total. The first-order valence-corrected chi connectivity index (χ1v) is 8.69. The van der Waals surface area contributed by atoms with Crippen LogP contribution in [0.4, 0.5) is 0 Å². The van der Waals surface area contributed by atoms with E-state index in [2.05, 4.69) is 46.2 Å². The van der Waals surface area contributed by atoms with Crippen LogP contribution in [-0.2, 0) is 0 Å². The van der Waals surface area contributed by atoms with Crippen LogP contribution in [0.15, 0.2) is 42.5 Å². The predicted molar refractivity (Wildman–Crippen MR) is 99.5 cm³/mol. The Hall–Kier alpha value is -2.66. The number of benzene rings is 2. The third-order valence-corrected chi connectivity index (χ3v) is 5.06. The number of nitrogens with one attached hydrogen (secondary N) is 1. The van der Waals surface area contributed by atoms with Gasteiger partial charge in [-0.1, -0.05) is 30.3 Å². The summed E-state index contributed by atoms with van der Waals surface area (Å²) >= 11 is 0. The first kappa shape index (κ1) is 15.8. The smallest absolute Gasteiger partial charge is 0.250 e. The zero-order chi connectivity index (χ0) is 17.4. The molecule has 2 heterocycles.